The Morgan fingerprint density at radius 1 is 0.773 bits per heavy atom. The van der Waals surface area contributed by atoms with Gasteiger partial charge < -0.3 is 5.11 Å². The van der Waals surface area contributed by atoms with Crippen LogP contribution in [0.1, 0.15) is 49.3 Å². The second-order valence-electron chi connectivity index (χ2n) is 5.97. The molecule has 2 aromatic carbocycles. The lowest BCUT2D eigenvalue weighted by Gasteiger charge is -2.07. The maximum atomic E-state index is 10.6. The van der Waals surface area contributed by atoms with Crippen molar-refractivity contribution in [3.63, 3.8) is 0 Å². The third-order valence-corrected chi connectivity index (χ3v) is 3.85. The van der Waals surface area contributed by atoms with Crippen LogP contribution in [0, 0.1) is 41.5 Å². The number of rotatable bonds is 2. The predicted octanol–water partition coefficient (Wildman–Crippen LogP) is 4.53. The van der Waals surface area contributed by atoms with E-state index in [1.807, 2.05) is 46.8 Å². The highest BCUT2D eigenvalue weighted by Crippen LogP contribution is 2.15. The van der Waals surface area contributed by atoms with Gasteiger partial charge in [-0.2, -0.15) is 0 Å². The van der Waals surface area contributed by atoms with Gasteiger partial charge in [-0.25, -0.2) is 0 Å². The summed E-state index contributed by atoms with van der Waals surface area (Å²) in [6, 6.07) is 8.24. The van der Waals surface area contributed by atoms with Gasteiger partial charge in [-0.05, 0) is 69.4 Å². The van der Waals surface area contributed by atoms with Crippen molar-refractivity contribution in [2.75, 3.05) is 0 Å². The van der Waals surface area contributed by atoms with Crippen molar-refractivity contribution in [3.05, 3.63) is 68.8 Å². The number of aldehydes is 1. The Hall–Kier alpha value is -1.93. The van der Waals surface area contributed by atoms with Gasteiger partial charge in [0.15, 0.2) is 6.29 Å². The quantitative estimate of drug-likeness (QED) is 0.827. The number of benzene rings is 2. The Morgan fingerprint density at radius 2 is 1.14 bits per heavy atom. The molecule has 0 aliphatic heterocycles. The lowest BCUT2D eigenvalue weighted by atomic mass is 10.0. The molecule has 2 aromatic rings. The largest absolute Gasteiger partial charge is 0.392 e. The van der Waals surface area contributed by atoms with Crippen LogP contribution >= 0.6 is 0 Å². The molecule has 0 aliphatic rings. The zero-order valence-electron chi connectivity index (χ0n) is 14.4. The summed E-state index contributed by atoms with van der Waals surface area (Å²) in [5, 5.41) is 8.99. The molecular formula is C20H26O2. The van der Waals surface area contributed by atoms with E-state index < -0.39 is 0 Å². The first-order valence-corrected chi connectivity index (χ1v) is 7.50. The number of aliphatic hydroxyl groups excluding tert-OH is 1. The molecule has 0 aromatic heterocycles. The molecule has 118 valence electrons. The van der Waals surface area contributed by atoms with E-state index in [0.29, 0.717) is 0 Å². The average Bonchev–Trinajstić information content (AvgIpc) is 2.38. The Kier molecular flexibility index (Phi) is 6.51. The van der Waals surface area contributed by atoms with Crippen LogP contribution in [0.3, 0.4) is 0 Å². The zero-order chi connectivity index (χ0) is 16.9. The highest BCUT2D eigenvalue weighted by molar-refractivity contribution is 5.79. The summed E-state index contributed by atoms with van der Waals surface area (Å²) < 4.78 is 0. The molecule has 2 heteroatoms. The number of hydrogen-bond acceptors (Lipinski definition) is 2. The van der Waals surface area contributed by atoms with Gasteiger partial charge in [0.05, 0.1) is 6.61 Å². The average molecular weight is 298 g/mol. The van der Waals surface area contributed by atoms with Gasteiger partial charge in [0.1, 0.15) is 0 Å². The molecule has 0 amide bonds. The summed E-state index contributed by atoms with van der Waals surface area (Å²) in [4.78, 5) is 10.6. The van der Waals surface area contributed by atoms with Crippen LogP contribution in [0.15, 0.2) is 24.3 Å². The molecule has 0 aliphatic carbocycles. The summed E-state index contributed by atoms with van der Waals surface area (Å²) in [5.41, 5.74) is 8.87. The summed E-state index contributed by atoms with van der Waals surface area (Å²) in [7, 11) is 0. The molecule has 0 saturated heterocycles. The van der Waals surface area contributed by atoms with Crippen molar-refractivity contribution < 1.29 is 9.90 Å². The zero-order valence-corrected chi connectivity index (χ0v) is 14.4. The lowest BCUT2D eigenvalue weighted by Crippen LogP contribution is -1.93. The van der Waals surface area contributed by atoms with Crippen molar-refractivity contribution in [1.29, 1.82) is 0 Å². The van der Waals surface area contributed by atoms with Crippen LogP contribution in [0.5, 0.6) is 0 Å². The molecule has 0 atom stereocenters. The van der Waals surface area contributed by atoms with Gasteiger partial charge in [0.25, 0.3) is 0 Å². The van der Waals surface area contributed by atoms with E-state index in [4.69, 9.17) is 5.11 Å². The Morgan fingerprint density at radius 3 is 1.45 bits per heavy atom. The van der Waals surface area contributed by atoms with Crippen LogP contribution < -0.4 is 0 Å². The van der Waals surface area contributed by atoms with Crippen LogP contribution in [0.4, 0.5) is 0 Å². The van der Waals surface area contributed by atoms with E-state index in [2.05, 4.69) is 19.1 Å². The van der Waals surface area contributed by atoms with E-state index in [0.717, 1.165) is 28.5 Å². The molecule has 22 heavy (non-hydrogen) atoms. The summed E-state index contributed by atoms with van der Waals surface area (Å²) in [6.45, 7) is 12.2. The first kappa shape index (κ1) is 18.1. The van der Waals surface area contributed by atoms with Crippen molar-refractivity contribution in [3.8, 4) is 0 Å². The Bertz CT molecular complexity index is 623. The maximum absolute atomic E-state index is 10.6. The van der Waals surface area contributed by atoms with Gasteiger partial charge in [-0.3, -0.25) is 4.79 Å². The van der Waals surface area contributed by atoms with Gasteiger partial charge in [0, 0.05) is 5.56 Å². The monoisotopic (exact) mass is 298 g/mol. The number of carbonyl (C=O) groups excluding carboxylic acids is 1. The third-order valence-electron chi connectivity index (χ3n) is 3.85. The third kappa shape index (κ3) is 4.54. The second-order valence-corrected chi connectivity index (χ2v) is 5.97. The molecule has 0 heterocycles. The van der Waals surface area contributed by atoms with Crippen molar-refractivity contribution in [1.82, 2.24) is 0 Å². The standard InChI is InChI=1S/C10H14O.C10H12O/c2*1-7-4-8(2)10(6-11)9(3)5-7/h4-5,11H,6H2,1-3H3;4-6H,1-3H3. The van der Waals surface area contributed by atoms with Crippen molar-refractivity contribution >= 4 is 6.29 Å². The maximum Gasteiger partial charge on any atom is 0.150 e. The summed E-state index contributed by atoms with van der Waals surface area (Å²) in [5.74, 6) is 0. The first-order valence-electron chi connectivity index (χ1n) is 7.50. The molecule has 0 unspecified atom stereocenters. The molecule has 0 fully saturated rings. The smallest absolute Gasteiger partial charge is 0.150 e. The fraction of sp³-hybridized carbons (Fsp3) is 0.350. The summed E-state index contributed by atoms with van der Waals surface area (Å²) >= 11 is 0. The number of aliphatic hydroxyl groups is 1. The Balaban J connectivity index is 0.000000220. The SMILES string of the molecule is Cc1cc(C)c(C=O)c(C)c1.Cc1cc(C)c(CO)c(C)c1. The van der Waals surface area contributed by atoms with E-state index in [1.165, 1.54) is 22.3 Å². The van der Waals surface area contributed by atoms with Gasteiger partial charge in [-0.1, -0.05) is 35.4 Å². The fourth-order valence-corrected chi connectivity index (χ4v) is 2.84. The van der Waals surface area contributed by atoms with Crippen molar-refractivity contribution in [2.24, 2.45) is 0 Å². The number of carbonyl (C=O) groups is 1. The van der Waals surface area contributed by atoms with Crippen molar-refractivity contribution in [2.45, 2.75) is 48.1 Å². The topological polar surface area (TPSA) is 37.3 Å². The number of aryl methyl sites for hydroxylation is 6. The molecule has 0 saturated carbocycles. The molecular weight excluding hydrogens is 272 g/mol. The highest BCUT2D eigenvalue weighted by atomic mass is 16.3. The van der Waals surface area contributed by atoms with Crippen LogP contribution in [-0.2, 0) is 6.61 Å². The number of hydrogen-bond donors (Lipinski definition) is 1. The van der Waals surface area contributed by atoms with Crippen LogP contribution in [0.25, 0.3) is 0 Å². The molecule has 0 bridgehead atoms. The first-order chi connectivity index (χ1) is 10.3. The minimum Gasteiger partial charge on any atom is -0.392 e. The summed E-state index contributed by atoms with van der Waals surface area (Å²) in [6.07, 6.45) is 0.921. The van der Waals surface area contributed by atoms with Gasteiger partial charge in [-0.15, -0.1) is 0 Å². The van der Waals surface area contributed by atoms with Crippen LogP contribution in [0.2, 0.25) is 0 Å². The minimum absolute atomic E-state index is 0.151. The molecule has 2 rings (SSSR count). The van der Waals surface area contributed by atoms with E-state index in [9.17, 15) is 4.79 Å². The fourth-order valence-electron chi connectivity index (χ4n) is 2.84. The molecule has 0 spiro atoms. The van der Waals surface area contributed by atoms with Crippen LogP contribution in [-0.4, -0.2) is 11.4 Å². The normalized spacial score (nSPS) is 9.95. The van der Waals surface area contributed by atoms with E-state index in [-0.39, 0.29) is 6.61 Å². The lowest BCUT2D eigenvalue weighted by molar-refractivity contribution is 0.112. The minimum atomic E-state index is 0.151. The Labute approximate surface area is 133 Å². The van der Waals surface area contributed by atoms with Gasteiger partial charge >= 0.3 is 0 Å². The predicted molar refractivity (Wildman–Crippen MR) is 92.6 cm³/mol. The van der Waals surface area contributed by atoms with E-state index in [1.54, 1.807) is 0 Å². The molecule has 0 radical (unpaired) electrons. The molecule has 1 N–H and O–H groups in total. The highest BCUT2D eigenvalue weighted by Gasteiger charge is 2.01. The second kappa shape index (κ2) is 7.90. The van der Waals surface area contributed by atoms with Gasteiger partial charge in [0.2, 0.25) is 0 Å². The molecule has 2 nitrogen and oxygen atoms in total. The van der Waals surface area contributed by atoms with E-state index >= 15 is 0 Å².